The summed E-state index contributed by atoms with van der Waals surface area (Å²) >= 11 is 24.8. The van der Waals surface area contributed by atoms with Gasteiger partial charge in [0.2, 0.25) is 10.0 Å². The number of nitrogens with zero attached hydrogens (tertiary/aromatic N) is 1. The molecule has 0 spiro atoms. The minimum Gasteiger partial charge on any atom is -0.466 e. The summed E-state index contributed by atoms with van der Waals surface area (Å²) in [6.07, 6.45) is 0.507. The molecule has 3 aromatic carbocycles. The third kappa shape index (κ3) is 6.41. The van der Waals surface area contributed by atoms with E-state index in [-0.39, 0.29) is 5.91 Å². The highest BCUT2D eigenvalue weighted by Gasteiger charge is 2.36. The molecule has 184 valence electrons. The fraction of sp³-hybridized carbons (Fsp3) is 0.115. The van der Waals surface area contributed by atoms with Crippen LogP contribution < -0.4 is 15.0 Å². The molecule has 1 aliphatic rings. The molecule has 1 aliphatic heterocycles. The number of nitrogens with one attached hydrogen (secondary N) is 1. The third-order valence-electron chi connectivity index (χ3n) is 5.11. The van der Waals surface area contributed by atoms with Gasteiger partial charge in [-0.15, -0.1) is 0 Å². The summed E-state index contributed by atoms with van der Waals surface area (Å²) in [4.78, 5) is 27.5. The number of thioether (sulfide) groups is 1. The van der Waals surface area contributed by atoms with Gasteiger partial charge in [-0.25, -0.2) is 0 Å². The first kappa shape index (κ1) is 26.5. The lowest BCUT2D eigenvalue weighted by Crippen LogP contribution is -2.47. The van der Waals surface area contributed by atoms with Crippen LogP contribution in [0.5, 0.6) is 5.75 Å². The van der Waals surface area contributed by atoms with Crippen molar-refractivity contribution in [2.24, 2.45) is 0 Å². The van der Waals surface area contributed by atoms with Crippen LogP contribution in [0.4, 0.5) is 5.69 Å². The number of rotatable bonds is 6. The fourth-order valence-corrected chi connectivity index (χ4v) is 4.88. The van der Waals surface area contributed by atoms with Crippen molar-refractivity contribution in [3.05, 3.63) is 100 Å². The number of hydrogen-bond donors (Lipinski definition) is 1. The third-order valence-corrected chi connectivity index (χ3v) is 7.01. The summed E-state index contributed by atoms with van der Waals surface area (Å²) < 4.78 is 4.31. The number of halogens is 3. The van der Waals surface area contributed by atoms with E-state index >= 15 is 0 Å². The van der Waals surface area contributed by atoms with Gasteiger partial charge in [-0.3, -0.25) is 14.5 Å². The van der Waals surface area contributed by atoms with Gasteiger partial charge >= 0.3 is 0 Å². The molecule has 0 aromatic heterocycles. The Labute approximate surface area is 233 Å². The Morgan fingerprint density at radius 1 is 1.03 bits per heavy atom. The van der Waals surface area contributed by atoms with E-state index in [9.17, 15) is 9.59 Å². The first-order valence-corrected chi connectivity index (χ1v) is 13.0. The molecule has 36 heavy (non-hydrogen) atoms. The van der Waals surface area contributed by atoms with Crippen LogP contribution in [0.1, 0.15) is 21.5 Å². The predicted octanol–water partition coefficient (Wildman–Crippen LogP) is 6.91. The molecule has 5 nitrogen and oxygen atoms in total. The van der Waals surface area contributed by atoms with Gasteiger partial charge in [0, 0.05) is 5.56 Å². The first-order valence-electron chi connectivity index (χ1n) is 10.7. The van der Waals surface area contributed by atoms with Gasteiger partial charge < -0.3 is 10.1 Å². The molecule has 1 unspecified atom stereocenters. The molecule has 1 N–H and O–H groups in total. The number of amides is 2. The molecule has 0 aliphatic carbocycles. The zero-order valence-electron chi connectivity index (χ0n) is 18.8. The number of alkyl halides is 3. The van der Waals surface area contributed by atoms with E-state index in [1.165, 1.54) is 16.7 Å². The molecule has 0 saturated carbocycles. The second kappa shape index (κ2) is 11.2. The van der Waals surface area contributed by atoms with Gasteiger partial charge in [0.25, 0.3) is 11.8 Å². The number of benzene rings is 3. The summed E-state index contributed by atoms with van der Waals surface area (Å²) in [6.45, 7) is 1.98. The maximum absolute atomic E-state index is 13.0. The van der Waals surface area contributed by atoms with Crippen molar-refractivity contribution in [2.75, 3.05) is 4.90 Å². The molecule has 0 radical (unpaired) electrons. The van der Waals surface area contributed by atoms with Crippen LogP contribution in [0.2, 0.25) is 0 Å². The van der Waals surface area contributed by atoms with Gasteiger partial charge in [-0.2, -0.15) is 0 Å². The van der Waals surface area contributed by atoms with E-state index in [0.717, 1.165) is 16.8 Å². The predicted molar refractivity (Wildman–Crippen MR) is 152 cm³/mol. The van der Waals surface area contributed by atoms with Crippen molar-refractivity contribution in [3.8, 4) is 5.75 Å². The van der Waals surface area contributed by atoms with Crippen molar-refractivity contribution < 1.29 is 14.3 Å². The second-order valence-corrected chi connectivity index (χ2v) is 11.8. The monoisotopic (exact) mass is 576 g/mol. The van der Waals surface area contributed by atoms with Crippen molar-refractivity contribution in [2.45, 2.75) is 16.9 Å². The number of thiocarbonyl (C=S) groups is 1. The molecule has 2 amide bonds. The molecular formula is C26H19Cl3N2O3S2. The molecule has 1 heterocycles. The lowest BCUT2D eigenvalue weighted by molar-refractivity contribution is -0.113. The SMILES string of the molecule is Cc1ccc(N2C(=O)C(=Cc3ccc(OC(NC(=O)c4ccccc4)C(Cl)(Cl)Cl)cc3)SC2=S)cc1. The lowest BCUT2D eigenvalue weighted by Gasteiger charge is -2.26. The van der Waals surface area contributed by atoms with Crippen LogP contribution in [0.15, 0.2) is 83.8 Å². The molecule has 3 aromatic rings. The van der Waals surface area contributed by atoms with E-state index in [1.54, 1.807) is 60.7 Å². The number of anilines is 1. The van der Waals surface area contributed by atoms with Gasteiger partial charge in [0.15, 0.2) is 4.32 Å². The highest BCUT2D eigenvalue weighted by molar-refractivity contribution is 8.27. The van der Waals surface area contributed by atoms with E-state index in [2.05, 4.69) is 5.32 Å². The standard InChI is InChI=1S/C26H19Cl3N2O3S2/c1-16-7-11-19(12-8-16)31-23(33)21(36-25(31)35)15-17-9-13-20(14-10-17)34-24(26(27,28)29)30-22(32)18-5-3-2-4-6-18/h2-15,24H,1H3,(H,30,32). The van der Waals surface area contributed by atoms with Crippen LogP contribution in [0.3, 0.4) is 0 Å². The molecular weight excluding hydrogens is 559 g/mol. The largest absolute Gasteiger partial charge is 0.466 e. The minimum absolute atomic E-state index is 0.186. The Balaban J connectivity index is 1.47. The van der Waals surface area contributed by atoms with Crippen LogP contribution in [0.25, 0.3) is 6.08 Å². The maximum atomic E-state index is 13.0. The Hall–Kier alpha value is -2.55. The van der Waals surface area contributed by atoms with Gasteiger partial charge in [0.1, 0.15) is 5.75 Å². The number of hydrogen-bond acceptors (Lipinski definition) is 5. The average molecular weight is 578 g/mol. The Bertz CT molecular complexity index is 1310. The van der Waals surface area contributed by atoms with E-state index < -0.39 is 15.9 Å². The van der Waals surface area contributed by atoms with E-state index in [1.807, 2.05) is 31.2 Å². The summed E-state index contributed by atoms with van der Waals surface area (Å²) in [5, 5.41) is 2.59. The fourth-order valence-electron chi connectivity index (χ4n) is 3.28. The molecule has 10 heteroatoms. The summed E-state index contributed by atoms with van der Waals surface area (Å²) in [7, 11) is 0. The number of ether oxygens (including phenoxy) is 1. The summed E-state index contributed by atoms with van der Waals surface area (Å²) in [5.41, 5.74) is 2.98. The normalized spacial score (nSPS) is 15.8. The smallest absolute Gasteiger partial charge is 0.270 e. The molecule has 1 atom stereocenters. The zero-order valence-corrected chi connectivity index (χ0v) is 22.7. The van der Waals surface area contributed by atoms with Gasteiger partial charge in [-0.1, -0.05) is 107 Å². The van der Waals surface area contributed by atoms with Crippen molar-refractivity contribution in [1.29, 1.82) is 0 Å². The maximum Gasteiger partial charge on any atom is 0.270 e. The van der Waals surface area contributed by atoms with Crippen molar-refractivity contribution in [3.63, 3.8) is 0 Å². The van der Waals surface area contributed by atoms with Crippen LogP contribution in [-0.4, -0.2) is 26.2 Å². The van der Waals surface area contributed by atoms with Crippen molar-refractivity contribution in [1.82, 2.24) is 5.32 Å². The molecule has 1 fully saturated rings. The topological polar surface area (TPSA) is 58.6 Å². The summed E-state index contributed by atoms with van der Waals surface area (Å²) in [6, 6.07) is 23.0. The minimum atomic E-state index is -1.92. The quantitative estimate of drug-likeness (QED) is 0.149. The first-order chi connectivity index (χ1) is 17.1. The number of carbonyl (C=O) groups is 2. The highest BCUT2D eigenvalue weighted by Crippen LogP contribution is 2.36. The highest BCUT2D eigenvalue weighted by atomic mass is 35.6. The molecule has 1 saturated heterocycles. The Kier molecular flexibility index (Phi) is 8.27. The Morgan fingerprint density at radius 3 is 2.28 bits per heavy atom. The van der Waals surface area contributed by atoms with Crippen molar-refractivity contribution >= 4 is 86.7 Å². The van der Waals surface area contributed by atoms with E-state index in [4.69, 9.17) is 51.8 Å². The second-order valence-electron chi connectivity index (χ2n) is 7.80. The average Bonchev–Trinajstić information content (AvgIpc) is 3.13. The summed E-state index contributed by atoms with van der Waals surface area (Å²) in [5.74, 6) is -0.266. The molecule has 0 bridgehead atoms. The number of aryl methyl sites for hydroxylation is 1. The van der Waals surface area contributed by atoms with Crippen LogP contribution >= 0.6 is 58.8 Å². The van der Waals surface area contributed by atoms with Gasteiger partial charge in [-0.05, 0) is 55.0 Å². The van der Waals surface area contributed by atoms with E-state index in [0.29, 0.717) is 20.5 Å². The zero-order chi connectivity index (χ0) is 25.9. The number of carbonyl (C=O) groups excluding carboxylic acids is 2. The van der Waals surface area contributed by atoms with Crippen LogP contribution in [0, 0.1) is 6.92 Å². The lowest BCUT2D eigenvalue weighted by atomic mass is 10.2. The molecule has 4 rings (SSSR count). The van der Waals surface area contributed by atoms with Gasteiger partial charge in [0.05, 0.1) is 10.6 Å². The Morgan fingerprint density at radius 2 is 1.67 bits per heavy atom. The van der Waals surface area contributed by atoms with Crippen LogP contribution in [-0.2, 0) is 4.79 Å².